The smallest absolute Gasteiger partial charge is 0.231 e. The molecule has 156 valence electrons. The number of hydrogen-bond donors (Lipinski definition) is 0. The molecule has 2 heterocycles. The van der Waals surface area contributed by atoms with Crippen molar-refractivity contribution in [1.82, 2.24) is 14.8 Å². The Morgan fingerprint density at radius 2 is 1.87 bits per heavy atom. The maximum atomic E-state index is 13.3. The van der Waals surface area contributed by atoms with Crippen LogP contribution in [0.25, 0.3) is 0 Å². The molecule has 2 atom stereocenters. The van der Waals surface area contributed by atoms with Crippen molar-refractivity contribution < 1.29 is 9.53 Å². The van der Waals surface area contributed by atoms with Gasteiger partial charge >= 0.3 is 0 Å². The van der Waals surface area contributed by atoms with Crippen LogP contribution in [0.5, 0.6) is 5.75 Å². The van der Waals surface area contributed by atoms with Crippen LogP contribution in [0.1, 0.15) is 55.5 Å². The van der Waals surface area contributed by atoms with Crippen LogP contribution in [0, 0.1) is 12.8 Å². The van der Waals surface area contributed by atoms with E-state index >= 15 is 0 Å². The average Bonchev–Trinajstić information content (AvgIpc) is 3.22. The Morgan fingerprint density at radius 3 is 2.57 bits per heavy atom. The van der Waals surface area contributed by atoms with Gasteiger partial charge < -0.3 is 4.74 Å². The first-order valence-electron chi connectivity index (χ1n) is 10.4. The Bertz CT molecular complexity index is 1030. The number of aryl methyl sites for hydroxylation is 1. The molecule has 0 radical (unpaired) electrons. The molecule has 1 aliphatic heterocycles. The van der Waals surface area contributed by atoms with Crippen LogP contribution in [0.15, 0.2) is 54.9 Å². The van der Waals surface area contributed by atoms with E-state index in [1.165, 1.54) is 11.9 Å². The quantitative estimate of drug-likeness (QED) is 0.618. The second-order valence-corrected chi connectivity index (χ2v) is 8.29. The summed E-state index contributed by atoms with van der Waals surface area (Å²) in [6, 6.07) is 16.2. The minimum Gasteiger partial charge on any atom is -0.496 e. The lowest BCUT2D eigenvalue weighted by Gasteiger charge is -2.39. The summed E-state index contributed by atoms with van der Waals surface area (Å²) in [5.41, 5.74) is 3.34. The van der Waals surface area contributed by atoms with Gasteiger partial charge in [0.1, 0.15) is 12.1 Å². The summed E-state index contributed by atoms with van der Waals surface area (Å²) in [7, 11) is 1.68. The highest BCUT2D eigenvalue weighted by atomic mass is 16.5. The third-order valence-electron chi connectivity index (χ3n) is 5.63. The van der Waals surface area contributed by atoms with Crippen molar-refractivity contribution >= 4 is 11.9 Å². The molecular formula is C24H28N4O2. The number of carbonyl (C=O) groups excluding carboxylic acids is 1. The number of amides is 1. The van der Waals surface area contributed by atoms with Crippen molar-refractivity contribution in [3.05, 3.63) is 71.5 Å². The first-order chi connectivity index (χ1) is 14.5. The van der Waals surface area contributed by atoms with Crippen LogP contribution in [0.2, 0.25) is 0 Å². The molecule has 0 spiro atoms. The van der Waals surface area contributed by atoms with Gasteiger partial charge in [-0.15, -0.1) is 0 Å². The summed E-state index contributed by atoms with van der Waals surface area (Å²) in [6.45, 7) is 6.19. The number of hydrogen-bond acceptors (Lipinski definition) is 4. The Balaban J connectivity index is 1.84. The molecule has 0 saturated heterocycles. The van der Waals surface area contributed by atoms with Crippen molar-refractivity contribution in [2.45, 2.75) is 45.7 Å². The van der Waals surface area contributed by atoms with E-state index in [9.17, 15) is 4.79 Å². The fourth-order valence-corrected chi connectivity index (χ4v) is 4.20. The zero-order valence-corrected chi connectivity index (χ0v) is 17.9. The lowest BCUT2D eigenvalue weighted by Crippen LogP contribution is -2.43. The van der Waals surface area contributed by atoms with E-state index in [4.69, 9.17) is 4.74 Å². The van der Waals surface area contributed by atoms with Crippen LogP contribution in [-0.4, -0.2) is 27.8 Å². The third-order valence-corrected chi connectivity index (χ3v) is 5.63. The van der Waals surface area contributed by atoms with Gasteiger partial charge in [-0.2, -0.15) is 10.1 Å². The molecule has 1 amide bonds. The second kappa shape index (κ2) is 8.30. The summed E-state index contributed by atoms with van der Waals surface area (Å²) in [4.78, 5) is 19.7. The van der Waals surface area contributed by atoms with E-state index < -0.39 is 0 Å². The number of carbonyl (C=O) groups is 1. The normalized spacial score (nSPS) is 18.4. The summed E-state index contributed by atoms with van der Waals surface area (Å²) in [5, 5.41) is 4.50. The first kappa shape index (κ1) is 20.1. The van der Waals surface area contributed by atoms with Gasteiger partial charge in [0, 0.05) is 12.0 Å². The number of aromatic nitrogens is 3. The Morgan fingerprint density at radius 1 is 1.13 bits per heavy atom. The molecule has 3 aromatic rings. The Kier molecular flexibility index (Phi) is 5.57. The average molecular weight is 405 g/mol. The molecule has 0 unspecified atom stereocenters. The fraction of sp³-hybridized carbons (Fsp3) is 0.375. The largest absolute Gasteiger partial charge is 0.496 e. The fourth-order valence-electron chi connectivity index (χ4n) is 4.20. The van der Waals surface area contributed by atoms with Crippen molar-refractivity contribution in [3.8, 4) is 5.75 Å². The molecule has 30 heavy (non-hydrogen) atoms. The van der Waals surface area contributed by atoms with E-state index in [1.807, 2.05) is 27.8 Å². The lowest BCUT2D eigenvalue weighted by atomic mass is 9.90. The van der Waals surface area contributed by atoms with Crippen LogP contribution in [0.4, 0.5) is 5.95 Å². The first-order valence-corrected chi connectivity index (χ1v) is 10.4. The minimum absolute atomic E-state index is 0.0725. The number of anilines is 1. The van der Waals surface area contributed by atoms with Crippen LogP contribution in [-0.2, 0) is 4.79 Å². The lowest BCUT2D eigenvalue weighted by molar-refractivity contribution is -0.120. The van der Waals surface area contributed by atoms with E-state index in [0.29, 0.717) is 18.8 Å². The van der Waals surface area contributed by atoms with E-state index in [1.54, 1.807) is 7.11 Å². The molecule has 1 aromatic heterocycles. The van der Waals surface area contributed by atoms with Gasteiger partial charge in [-0.3, -0.25) is 9.69 Å². The van der Waals surface area contributed by atoms with Gasteiger partial charge in [0.25, 0.3) is 0 Å². The summed E-state index contributed by atoms with van der Waals surface area (Å²) in [5.74, 6) is 1.74. The summed E-state index contributed by atoms with van der Waals surface area (Å²) >= 11 is 0. The van der Waals surface area contributed by atoms with Gasteiger partial charge in [-0.1, -0.05) is 61.9 Å². The zero-order valence-electron chi connectivity index (χ0n) is 17.9. The number of nitrogens with zero attached hydrogens (tertiary/aromatic N) is 4. The number of methoxy groups -OCH3 is 1. The van der Waals surface area contributed by atoms with Gasteiger partial charge in [0.05, 0.1) is 19.2 Å². The number of fused-ring (bicyclic) bond motifs is 1. The summed E-state index contributed by atoms with van der Waals surface area (Å²) < 4.78 is 7.49. The molecule has 4 rings (SSSR count). The monoisotopic (exact) mass is 404 g/mol. The maximum absolute atomic E-state index is 13.3. The molecule has 1 aliphatic rings. The van der Waals surface area contributed by atoms with Crippen molar-refractivity contribution in [2.75, 3.05) is 12.0 Å². The number of rotatable bonds is 5. The maximum Gasteiger partial charge on any atom is 0.231 e. The number of benzene rings is 2. The summed E-state index contributed by atoms with van der Waals surface area (Å²) in [6.07, 6.45) is 2.70. The molecule has 0 aliphatic carbocycles. The Hall–Kier alpha value is -3.15. The molecule has 0 bridgehead atoms. The van der Waals surface area contributed by atoms with Crippen LogP contribution in [0.3, 0.4) is 0 Å². The van der Waals surface area contributed by atoms with Crippen LogP contribution < -0.4 is 9.64 Å². The zero-order chi connectivity index (χ0) is 21.3. The second-order valence-electron chi connectivity index (χ2n) is 8.29. The minimum atomic E-state index is -0.122. The highest BCUT2D eigenvalue weighted by Gasteiger charge is 2.40. The molecule has 2 aromatic carbocycles. The van der Waals surface area contributed by atoms with E-state index in [2.05, 4.69) is 61.2 Å². The molecule has 0 saturated carbocycles. The molecule has 6 heteroatoms. The molecule has 6 nitrogen and oxygen atoms in total. The van der Waals surface area contributed by atoms with E-state index in [-0.39, 0.29) is 23.9 Å². The predicted molar refractivity (Wildman–Crippen MR) is 117 cm³/mol. The van der Waals surface area contributed by atoms with Gasteiger partial charge in [0.15, 0.2) is 0 Å². The highest BCUT2D eigenvalue weighted by Crippen LogP contribution is 2.44. The molecular weight excluding hydrogens is 376 g/mol. The van der Waals surface area contributed by atoms with Gasteiger partial charge in [-0.25, -0.2) is 4.68 Å². The van der Waals surface area contributed by atoms with Crippen LogP contribution >= 0.6 is 0 Å². The molecule has 0 N–H and O–H groups in total. The highest BCUT2D eigenvalue weighted by molar-refractivity contribution is 5.93. The standard InChI is InChI=1S/C24H28N4O2/c1-16(2)13-23(29)27-20(18-11-9-17(3)10-12-18)14-21(28-24(27)25-15-26-28)19-7-5-6-8-22(19)30-4/h5-12,15-16,20-21H,13-14H2,1-4H3/t20-,21-/m0/s1. The van der Waals surface area contributed by atoms with Crippen molar-refractivity contribution in [3.63, 3.8) is 0 Å². The predicted octanol–water partition coefficient (Wildman–Crippen LogP) is 4.71. The number of ether oxygens (including phenoxy) is 1. The van der Waals surface area contributed by atoms with Crippen molar-refractivity contribution in [2.24, 2.45) is 5.92 Å². The topological polar surface area (TPSA) is 60.2 Å². The molecule has 0 fully saturated rings. The van der Waals surface area contributed by atoms with E-state index in [0.717, 1.165) is 16.9 Å². The van der Waals surface area contributed by atoms with Gasteiger partial charge in [0.2, 0.25) is 11.9 Å². The number of para-hydroxylation sites is 1. The SMILES string of the molecule is COc1ccccc1[C@@H]1C[C@@H](c2ccc(C)cc2)N(C(=O)CC(C)C)c2ncnn21. The van der Waals surface area contributed by atoms with Gasteiger partial charge in [-0.05, 0) is 30.9 Å². The Labute approximate surface area is 177 Å². The third kappa shape index (κ3) is 3.70. The van der Waals surface area contributed by atoms with Crippen molar-refractivity contribution in [1.29, 1.82) is 0 Å².